The summed E-state index contributed by atoms with van der Waals surface area (Å²) < 4.78 is 4.81. The molecule has 8 aromatic carbocycles. The van der Waals surface area contributed by atoms with E-state index >= 15 is 0 Å². The van der Waals surface area contributed by atoms with Crippen molar-refractivity contribution in [1.82, 2.24) is 19.1 Å². The average molecular weight is 787 g/mol. The normalized spacial score (nSPS) is 11.9. The first-order valence-corrected chi connectivity index (χ1v) is 24.2. The molecule has 0 bridgehead atoms. The minimum atomic E-state index is -1.41. The number of nitrogens with zero attached hydrogens (tertiary/aromatic N) is 4. The molecule has 0 aliphatic carbocycles. The van der Waals surface area contributed by atoms with Gasteiger partial charge in [0.15, 0.2) is 5.82 Å². The Bertz CT molecular complexity index is 3320. The molecule has 0 N–H and O–H groups in total. The van der Waals surface area contributed by atoms with Crippen LogP contribution in [0.1, 0.15) is 0 Å². The minimum Gasteiger partial charge on any atom is -0.309 e. The number of fused-ring (bicyclic) bond motifs is 6. The van der Waals surface area contributed by atoms with Gasteiger partial charge in [0.2, 0.25) is 0 Å². The molecule has 11 rings (SSSR count). The quantitative estimate of drug-likeness (QED) is 0.151. The molecule has 4 nitrogen and oxygen atoms in total. The lowest BCUT2D eigenvalue weighted by atomic mass is 10.0. The van der Waals surface area contributed by atoms with Crippen molar-refractivity contribution < 1.29 is 0 Å². The monoisotopic (exact) mass is 786 g/mol. The molecule has 3 heterocycles. The molecule has 0 saturated heterocycles. The van der Waals surface area contributed by atoms with Crippen LogP contribution in [0, 0.1) is 0 Å². The maximum atomic E-state index is 5.09. The highest BCUT2D eigenvalue weighted by atomic mass is 28.3. The Labute approximate surface area is 350 Å². The molecule has 11 aromatic rings. The van der Waals surface area contributed by atoms with Gasteiger partial charge in [-0.15, -0.1) is 0 Å². The zero-order valence-corrected chi connectivity index (χ0v) is 34.8. The SMILES string of the molecule is C[Si](C)(C)c1ccc(-n2c3ccccc3c3cc(-c4ccc5c6ccccc6n(-c6ccc(-c7nc(-c8ccccc8)cc(-c8ccccc8)n7)cc6)c5c4)ccc32)cc1. The predicted molar refractivity (Wildman–Crippen MR) is 255 cm³/mol. The second-order valence-corrected chi connectivity index (χ2v) is 21.8. The Morgan fingerprint density at radius 2 is 0.783 bits per heavy atom. The Morgan fingerprint density at radius 3 is 1.38 bits per heavy atom. The van der Waals surface area contributed by atoms with Crippen molar-refractivity contribution in [2.45, 2.75) is 19.6 Å². The lowest BCUT2D eigenvalue weighted by Gasteiger charge is -2.17. The zero-order chi connectivity index (χ0) is 40.4. The van der Waals surface area contributed by atoms with Gasteiger partial charge in [-0.1, -0.05) is 152 Å². The van der Waals surface area contributed by atoms with E-state index in [9.17, 15) is 0 Å². The van der Waals surface area contributed by atoms with Crippen molar-refractivity contribution in [3.63, 3.8) is 0 Å². The van der Waals surface area contributed by atoms with Crippen LogP contribution in [-0.2, 0) is 0 Å². The summed E-state index contributed by atoms with van der Waals surface area (Å²) in [6.07, 6.45) is 0. The van der Waals surface area contributed by atoms with Gasteiger partial charge >= 0.3 is 0 Å². The van der Waals surface area contributed by atoms with Gasteiger partial charge < -0.3 is 9.13 Å². The first-order chi connectivity index (χ1) is 29.4. The van der Waals surface area contributed by atoms with E-state index in [2.05, 4.69) is 217 Å². The number of hydrogen-bond donors (Lipinski definition) is 0. The molecule has 0 radical (unpaired) electrons. The van der Waals surface area contributed by atoms with Crippen molar-refractivity contribution in [2.24, 2.45) is 0 Å². The van der Waals surface area contributed by atoms with E-state index in [1.807, 2.05) is 12.1 Å². The van der Waals surface area contributed by atoms with Crippen LogP contribution in [0.5, 0.6) is 0 Å². The fourth-order valence-electron chi connectivity index (χ4n) is 8.82. The largest absolute Gasteiger partial charge is 0.309 e. The Kier molecular flexibility index (Phi) is 8.46. The summed E-state index contributed by atoms with van der Waals surface area (Å²) in [5, 5.41) is 6.44. The molecular formula is C55H42N4Si. The van der Waals surface area contributed by atoms with Crippen LogP contribution in [0.3, 0.4) is 0 Å². The molecule has 0 fully saturated rings. The third kappa shape index (κ3) is 6.14. The summed E-state index contributed by atoms with van der Waals surface area (Å²) in [6.45, 7) is 7.21. The third-order valence-electron chi connectivity index (χ3n) is 11.9. The summed E-state index contributed by atoms with van der Waals surface area (Å²) in [6, 6.07) is 72.1. The molecule has 286 valence electrons. The molecule has 60 heavy (non-hydrogen) atoms. The highest BCUT2D eigenvalue weighted by Crippen LogP contribution is 2.38. The van der Waals surface area contributed by atoms with Gasteiger partial charge in [-0.25, -0.2) is 9.97 Å². The molecule has 0 spiro atoms. The highest BCUT2D eigenvalue weighted by molar-refractivity contribution is 6.88. The van der Waals surface area contributed by atoms with Gasteiger partial charge in [-0.05, 0) is 83.9 Å². The first kappa shape index (κ1) is 35.8. The van der Waals surface area contributed by atoms with E-state index in [-0.39, 0.29) is 0 Å². The standard InChI is InChI=1S/C55H42N4Si/c1-60(2,3)44-30-28-43(29-31-44)58-52-21-13-11-19-46(52)48-34-40(25-33-53(48)58)41-24-32-47-45-18-10-12-20-51(45)59(54(47)35-41)42-26-22-39(23-27-42)55-56-49(37-14-6-4-7-15-37)36-50(57-55)38-16-8-5-9-17-38/h4-36H,1-3H3. The summed E-state index contributed by atoms with van der Waals surface area (Å²) in [5.41, 5.74) is 14.3. The fraction of sp³-hybridized carbons (Fsp3) is 0.0545. The van der Waals surface area contributed by atoms with E-state index in [4.69, 9.17) is 9.97 Å². The average Bonchev–Trinajstić information content (AvgIpc) is 3.81. The summed E-state index contributed by atoms with van der Waals surface area (Å²) in [4.78, 5) is 10.2. The smallest absolute Gasteiger partial charge is 0.160 e. The molecule has 0 aliphatic heterocycles. The van der Waals surface area contributed by atoms with Crippen molar-refractivity contribution in [1.29, 1.82) is 0 Å². The van der Waals surface area contributed by atoms with Crippen molar-refractivity contribution in [3.05, 3.63) is 200 Å². The number of benzene rings is 8. The van der Waals surface area contributed by atoms with Crippen LogP contribution in [-0.4, -0.2) is 27.2 Å². The molecule has 0 atom stereocenters. The van der Waals surface area contributed by atoms with E-state index in [0.717, 1.165) is 33.8 Å². The van der Waals surface area contributed by atoms with Crippen LogP contribution in [0.25, 0.3) is 100 Å². The van der Waals surface area contributed by atoms with Crippen molar-refractivity contribution in [3.8, 4) is 56.4 Å². The Morgan fingerprint density at radius 1 is 0.333 bits per heavy atom. The van der Waals surface area contributed by atoms with Crippen molar-refractivity contribution >= 4 is 56.9 Å². The van der Waals surface area contributed by atoms with E-state index in [0.29, 0.717) is 5.82 Å². The second-order valence-electron chi connectivity index (χ2n) is 16.7. The van der Waals surface area contributed by atoms with Gasteiger partial charge in [0.25, 0.3) is 0 Å². The molecule has 0 aliphatic rings. The minimum absolute atomic E-state index is 0.701. The predicted octanol–water partition coefficient (Wildman–Crippen LogP) is 13.9. The molecular weight excluding hydrogens is 745 g/mol. The van der Waals surface area contributed by atoms with Crippen LogP contribution in [0.4, 0.5) is 0 Å². The summed E-state index contributed by atoms with van der Waals surface area (Å²) in [5.74, 6) is 0.701. The van der Waals surface area contributed by atoms with E-state index in [1.165, 1.54) is 65.6 Å². The van der Waals surface area contributed by atoms with Crippen LogP contribution in [0.15, 0.2) is 200 Å². The van der Waals surface area contributed by atoms with Crippen LogP contribution < -0.4 is 5.19 Å². The van der Waals surface area contributed by atoms with Gasteiger partial charge in [0.05, 0.1) is 41.5 Å². The fourth-order valence-corrected chi connectivity index (χ4v) is 9.99. The van der Waals surface area contributed by atoms with Crippen LogP contribution in [0.2, 0.25) is 19.6 Å². The molecule has 0 amide bonds. The maximum Gasteiger partial charge on any atom is 0.160 e. The first-order valence-electron chi connectivity index (χ1n) is 20.7. The lowest BCUT2D eigenvalue weighted by molar-refractivity contribution is 1.16. The van der Waals surface area contributed by atoms with E-state index < -0.39 is 8.07 Å². The molecule has 0 saturated carbocycles. The zero-order valence-electron chi connectivity index (χ0n) is 33.8. The van der Waals surface area contributed by atoms with Gasteiger partial charge in [0.1, 0.15) is 0 Å². The topological polar surface area (TPSA) is 35.6 Å². The van der Waals surface area contributed by atoms with Crippen LogP contribution >= 0.6 is 0 Å². The maximum absolute atomic E-state index is 5.09. The van der Waals surface area contributed by atoms with Crippen molar-refractivity contribution in [2.75, 3.05) is 0 Å². The summed E-state index contributed by atoms with van der Waals surface area (Å²) >= 11 is 0. The number of hydrogen-bond acceptors (Lipinski definition) is 2. The van der Waals surface area contributed by atoms with Gasteiger partial charge in [-0.2, -0.15) is 0 Å². The Balaban J connectivity index is 1.02. The second kappa shape index (κ2) is 14.2. The van der Waals surface area contributed by atoms with Gasteiger partial charge in [-0.3, -0.25) is 0 Å². The number of aromatic nitrogens is 4. The molecule has 3 aromatic heterocycles. The highest BCUT2D eigenvalue weighted by Gasteiger charge is 2.19. The summed E-state index contributed by atoms with van der Waals surface area (Å²) in [7, 11) is -1.41. The Hall–Kier alpha value is -7.34. The van der Waals surface area contributed by atoms with E-state index in [1.54, 1.807) is 0 Å². The third-order valence-corrected chi connectivity index (χ3v) is 14.0. The lowest BCUT2D eigenvalue weighted by Crippen LogP contribution is -2.37. The number of para-hydroxylation sites is 2. The number of rotatable bonds is 7. The van der Waals surface area contributed by atoms with Gasteiger partial charge in [0, 0.05) is 49.6 Å². The molecule has 0 unspecified atom stereocenters. The molecule has 5 heteroatoms.